The third-order valence-corrected chi connectivity index (χ3v) is 4.16. The Kier molecular flexibility index (Phi) is 4.26. The van der Waals surface area contributed by atoms with Crippen molar-refractivity contribution in [2.45, 2.75) is 19.9 Å². The molecule has 21 heavy (non-hydrogen) atoms. The third kappa shape index (κ3) is 2.96. The van der Waals surface area contributed by atoms with E-state index in [1.165, 1.54) is 0 Å². The van der Waals surface area contributed by atoms with Crippen molar-refractivity contribution in [2.24, 2.45) is 0 Å². The summed E-state index contributed by atoms with van der Waals surface area (Å²) in [5, 5.41) is 0. The highest BCUT2D eigenvalue weighted by Crippen LogP contribution is 2.27. The molecule has 1 fully saturated rings. The summed E-state index contributed by atoms with van der Waals surface area (Å²) in [5.74, 6) is 1.73. The van der Waals surface area contributed by atoms with Gasteiger partial charge < -0.3 is 14.5 Å². The maximum absolute atomic E-state index is 11.9. The molecule has 0 unspecified atom stereocenters. The zero-order chi connectivity index (χ0) is 14.8. The molecule has 0 N–H and O–H groups in total. The molecule has 0 saturated carbocycles. The molecule has 1 aromatic rings. The van der Waals surface area contributed by atoms with E-state index in [4.69, 9.17) is 16.3 Å². The first-order chi connectivity index (χ1) is 10.2. The highest BCUT2D eigenvalue weighted by atomic mass is 35.5. The average Bonchev–Trinajstić information content (AvgIpc) is 2.53. The number of anilines is 1. The average molecular weight is 311 g/mol. The number of ether oxygens (including phenoxy) is 1. The number of aromatic nitrogens is 2. The zero-order valence-corrected chi connectivity index (χ0v) is 12.9. The molecular formula is C14H19ClN4O2. The molecule has 7 heteroatoms. The van der Waals surface area contributed by atoms with Gasteiger partial charge in [-0.1, -0.05) is 0 Å². The number of aryl methyl sites for hydroxylation is 1. The molecule has 0 aromatic carbocycles. The summed E-state index contributed by atoms with van der Waals surface area (Å²) in [6.07, 6.45) is 0.763. The molecule has 1 aromatic heterocycles. The summed E-state index contributed by atoms with van der Waals surface area (Å²) in [7, 11) is 0. The Morgan fingerprint density at radius 3 is 2.76 bits per heavy atom. The van der Waals surface area contributed by atoms with E-state index in [0.717, 1.165) is 42.4 Å². The van der Waals surface area contributed by atoms with E-state index in [0.29, 0.717) is 26.3 Å². The molecule has 0 aliphatic carbocycles. The summed E-state index contributed by atoms with van der Waals surface area (Å²) in [6.45, 7) is 6.22. The Morgan fingerprint density at radius 1 is 1.29 bits per heavy atom. The summed E-state index contributed by atoms with van der Waals surface area (Å²) < 4.78 is 5.41. The van der Waals surface area contributed by atoms with Crippen molar-refractivity contribution in [3.63, 3.8) is 0 Å². The number of rotatable bonds is 2. The Bertz CT molecular complexity index is 546. The summed E-state index contributed by atoms with van der Waals surface area (Å²) in [4.78, 5) is 25.0. The quantitative estimate of drug-likeness (QED) is 0.754. The van der Waals surface area contributed by atoms with Gasteiger partial charge >= 0.3 is 0 Å². The number of amides is 1. The highest BCUT2D eigenvalue weighted by molar-refractivity contribution is 6.27. The van der Waals surface area contributed by atoms with Gasteiger partial charge in [0.25, 0.3) is 0 Å². The highest BCUT2D eigenvalue weighted by Gasteiger charge is 2.27. The Balaban J connectivity index is 1.93. The Hall–Kier alpha value is -1.40. The van der Waals surface area contributed by atoms with Crippen molar-refractivity contribution in [3.8, 4) is 0 Å². The summed E-state index contributed by atoms with van der Waals surface area (Å²) in [5.41, 5.74) is 2.12. The van der Waals surface area contributed by atoms with Gasteiger partial charge in [0.1, 0.15) is 17.5 Å². The molecule has 0 bridgehead atoms. The lowest BCUT2D eigenvalue weighted by atomic mass is 10.1. The Morgan fingerprint density at radius 2 is 2.05 bits per heavy atom. The molecule has 0 atom stereocenters. The SMILES string of the molecule is Cc1nc2c(c(N3CCOCC3)n1)CN(C(=O)CCl)CC2. The fourth-order valence-corrected chi connectivity index (χ4v) is 3.02. The number of alkyl halides is 1. The number of hydrogen-bond donors (Lipinski definition) is 0. The monoisotopic (exact) mass is 310 g/mol. The van der Waals surface area contributed by atoms with Crippen LogP contribution in [0.4, 0.5) is 5.82 Å². The van der Waals surface area contributed by atoms with E-state index in [9.17, 15) is 4.79 Å². The first-order valence-electron chi connectivity index (χ1n) is 7.22. The van der Waals surface area contributed by atoms with Gasteiger partial charge in [-0.15, -0.1) is 11.6 Å². The van der Waals surface area contributed by atoms with Gasteiger partial charge in [-0.2, -0.15) is 0 Å². The van der Waals surface area contributed by atoms with Gasteiger partial charge in [-0.25, -0.2) is 9.97 Å². The molecule has 0 spiro atoms. The van der Waals surface area contributed by atoms with Crippen LogP contribution in [0.1, 0.15) is 17.1 Å². The largest absolute Gasteiger partial charge is 0.378 e. The number of nitrogens with zero attached hydrogens (tertiary/aromatic N) is 4. The van der Waals surface area contributed by atoms with Crippen LogP contribution in [0.15, 0.2) is 0 Å². The van der Waals surface area contributed by atoms with Crippen LogP contribution in [0.25, 0.3) is 0 Å². The lowest BCUT2D eigenvalue weighted by molar-refractivity contribution is -0.129. The van der Waals surface area contributed by atoms with Crippen LogP contribution in [0.2, 0.25) is 0 Å². The van der Waals surface area contributed by atoms with Crippen molar-refractivity contribution in [1.82, 2.24) is 14.9 Å². The third-order valence-electron chi connectivity index (χ3n) is 3.93. The van der Waals surface area contributed by atoms with Crippen LogP contribution in [0.3, 0.4) is 0 Å². The van der Waals surface area contributed by atoms with E-state index in [2.05, 4.69) is 14.9 Å². The van der Waals surface area contributed by atoms with Gasteiger partial charge in [0.2, 0.25) is 5.91 Å². The molecule has 2 aliphatic rings. The second-order valence-corrected chi connectivity index (χ2v) is 5.59. The fraction of sp³-hybridized carbons (Fsp3) is 0.643. The van der Waals surface area contributed by atoms with E-state index in [1.807, 2.05) is 6.92 Å². The van der Waals surface area contributed by atoms with Crippen molar-refractivity contribution >= 4 is 23.3 Å². The first kappa shape index (κ1) is 14.5. The van der Waals surface area contributed by atoms with Crippen molar-refractivity contribution in [3.05, 3.63) is 17.1 Å². The second kappa shape index (κ2) is 6.15. The summed E-state index contributed by atoms with van der Waals surface area (Å²) in [6, 6.07) is 0. The predicted molar refractivity (Wildman–Crippen MR) is 79.6 cm³/mol. The van der Waals surface area contributed by atoms with Crippen LogP contribution >= 0.6 is 11.6 Å². The number of fused-ring (bicyclic) bond motifs is 1. The number of hydrogen-bond acceptors (Lipinski definition) is 5. The first-order valence-corrected chi connectivity index (χ1v) is 7.75. The van der Waals surface area contributed by atoms with E-state index in [-0.39, 0.29) is 11.8 Å². The predicted octanol–water partition coefficient (Wildman–Crippen LogP) is 0.745. The zero-order valence-electron chi connectivity index (χ0n) is 12.1. The van der Waals surface area contributed by atoms with Crippen molar-refractivity contribution in [1.29, 1.82) is 0 Å². The van der Waals surface area contributed by atoms with Gasteiger partial charge in [-0.3, -0.25) is 4.79 Å². The Labute approximate surface area is 129 Å². The smallest absolute Gasteiger partial charge is 0.237 e. The van der Waals surface area contributed by atoms with Gasteiger partial charge in [-0.05, 0) is 6.92 Å². The van der Waals surface area contributed by atoms with Crippen molar-refractivity contribution in [2.75, 3.05) is 43.6 Å². The standard InChI is InChI=1S/C14H19ClN4O2/c1-10-16-12-2-3-19(13(20)8-15)9-11(12)14(17-10)18-4-6-21-7-5-18/h2-9H2,1H3. The lowest BCUT2D eigenvalue weighted by Gasteiger charge is -2.34. The summed E-state index contributed by atoms with van der Waals surface area (Å²) >= 11 is 5.68. The van der Waals surface area contributed by atoms with E-state index in [1.54, 1.807) is 4.90 Å². The van der Waals surface area contributed by atoms with E-state index < -0.39 is 0 Å². The topological polar surface area (TPSA) is 58.6 Å². The molecular weight excluding hydrogens is 292 g/mol. The van der Waals surface area contributed by atoms with Crippen LogP contribution in [0.5, 0.6) is 0 Å². The minimum absolute atomic E-state index is 0.0228. The number of halogens is 1. The van der Waals surface area contributed by atoms with Crippen LogP contribution < -0.4 is 4.90 Å². The maximum atomic E-state index is 11.9. The van der Waals surface area contributed by atoms with Gasteiger partial charge in [0, 0.05) is 31.6 Å². The molecule has 3 heterocycles. The number of carbonyl (C=O) groups excluding carboxylic acids is 1. The molecule has 6 nitrogen and oxygen atoms in total. The minimum atomic E-state index is -0.0316. The van der Waals surface area contributed by atoms with Gasteiger partial charge in [0.15, 0.2) is 0 Å². The van der Waals surface area contributed by atoms with Crippen LogP contribution in [-0.2, 0) is 22.5 Å². The van der Waals surface area contributed by atoms with Crippen LogP contribution in [-0.4, -0.2) is 59.5 Å². The molecule has 1 saturated heterocycles. The maximum Gasteiger partial charge on any atom is 0.237 e. The molecule has 0 radical (unpaired) electrons. The normalized spacial score (nSPS) is 18.6. The molecule has 114 valence electrons. The van der Waals surface area contributed by atoms with Crippen LogP contribution in [0, 0.1) is 6.92 Å². The van der Waals surface area contributed by atoms with E-state index >= 15 is 0 Å². The number of carbonyl (C=O) groups is 1. The molecule has 3 rings (SSSR count). The lowest BCUT2D eigenvalue weighted by Crippen LogP contribution is -2.41. The second-order valence-electron chi connectivity index (χ2n) is 5.32. The molecule has 2 aliphatic heterocycles. The molecule has 1 amide bonds. The van der Waals surface area contributed by atoms with Gasteiger partial charge in [0.05, 0.1) is 25.5 Å². The minimum Gasteiger partial charge on any atom is -0.378 e. The number of morpholine rings is 1. The fourth-order valence-electron chi connectivity index (χ4n) is 2.85. The van der Waals surface area contributed by atoms with Crippen molar-refractivity contribution < 1.29 is 9.53 Å².